The summed E-state index contributed by atoms with van der Waals surface area (Å²) in [7, 11) is 3.96. The number of carbonyl (C=O) groups is 1. The first-order valence-corrected chi connectivity index (χ1v) is 6.91. The van der Waals surface area contributed by atoms with Crippen LogP contribution in [0, 0.1) is 0 Å². The van der Waals surface area contributed by atoms with E-state index in [9.17, 15) is 4.79 Å². The van der Waals surface area contributed by atoms with Gasteiger partial charge in [0.2, 0.25) is 5.91 Å². The molecule has 0 saturated heterocycles. The van der Waals surface area contributed by atoms with Gasteiger partial charge in [-0.2, -0.15) is 0 Å². The summed E-state index contributed by atoms with van der Waals surface area (Å²) < 4.78 is 0. The highest BCUT2D eigenvalue weighted by molar-refractivity contribution is 5.95. The first kappa shape index (κ1) is 14.9. The number of rotatable bonds is 4. The number of nitrogen functional groups attached to an aromatic ring is 1. The molecule has 1 amide bonds. The molecule has 3 N–H and O–H groups in total. The maximum Gasteiger partial charge on any atom is 0.231 e. The van der Waals surface area contributed by atoms with E-state index in [1.807, 2.05) is 74.4 Å². The lowest BCUT2D eigenvalue weighted by atomic mass is 10.00. The fourth-order valence-corrected chi connectivity index (χ4v) is 2.07. The molecule has 0 spiro atoms. The highest BCUT2D eigenvalue weighted by Gasteiger charge is 2.15. The zero-order chi connectivity index (χ0) is 15.4. The minimum absolute atomic E-state index is 0.0433. The Balaban J connectivity index is 2.07. The van der Waals surface area contributed by atoms with Gasteiger partial charge in [0.1, 0.15) is 0 Å². The van der Waals surface area contributed by atoms with E-state index in [1.54, 1.807) is 0 Å². The lowest BCUT2D eigenvalue weighted by Gasteiger charge is -2.15. The maximum atomic E-state index is 12.3. The predicted molar refractivity (Wildman–Crippen MR) is 88.7 cm³/mol. The molecule has 2 aromatic carbocycles. The molecule has 0 aliphatic carbocycles. The number of nitrogens with one attached hydrogen (secondary N) is 1. The summed E-state index contributed by atoms with van der Waals surface area (Å²) in [6.07, 6.45) is 0. The van der Waals surface area contributed by atoms with Crippen molar-refractivity contribution in [2.75, 3.05) is 30.0 Å². The smallest absolute Gasteiger partial charge is 0.231 e. The third-order valence-corrected chi connectivity index (χ3v) is 3.46. The second-order valence-corrected chi connectivity index (χ2v) is 5.32. The lowest BCUT2D eigenvalue weighted by Crippen LogP contribution is -2.19. The summed E-state index contributed by atoms with van der Waals surface area (Å²) in [5.74, 6) is -0.291. The third-order valence-electron chi connectivity index (χ3n) is 3.46. The fraction of sp³-hybridized carbons (Fsp3) is 0.235. The number of amides is 1. The van der Waals surface area contributed by atoms with Crippen LogP contribution in [-0.4, -0.2) is 20.0 Å². The average molecular weight is 283 g/mol. The Labute approximate surface area is 125 Å². The molecule has 0 aliphatic rings. The van der Waals surface area contributed by atoms with Gasteiger partial charge >= 0.3 is 0 Å². The number of hydrogen-bond donors (Lipinski definition) is 2. The van der Waals surface area contributed by atoms with Gasteiger partial charge in [-0.15, -0.1) is 0 Å². The average Bonchev–Trinajstić information content (AvgIpc) is 2.47. The molecule has 2 rings (SSSR count). The summed E-state index contributed by atoms with van der Waals surface area (Å²) in [4.78, 5) is 14.3. The normalized spacial score (nSPS) is 11.8. The summed E-state index contributed by atoms with van der Waals surface area (Å²) in [6, 6.07) is 15.2. The van der Waals surface area contributed by atoms with Crippen molar-refractivity contribution in [3.05, 3.63) is 54.1 Å². The summed E-state index contributed by atoms with van der Waals surface area (Å²) in [5.41, 5.74) is 9.23. The monoisotopic (exact) mass is 283 g/mol. The fourth-order valence-electron chi connectivity index (χ4n) is 2.07. The molecule has 0 fully saturated rings. The molecule has 0 saturated carbocycles. The van der Waals surface area contributed by atoms with Crippen LogP contribution >= 0.6 is 0 Å². The van der Waals surface area contributed by atoms with Crippen molar-refractivity contribution in [3.63, 3.8) is 0 Å². The Morgan fingerprint density at radius 3 is 2.38 bits per heavy atom. The van der Waals surface area contributed by atoms with Crippen molar-refractivity contribution in [1.29, 1.82) is 0 Å². The second kappa shape index (κ2) is 6.31. The molecule has 4 heteroatoms. The van der Waals surface area contributed by atoms with Gasteiger partial charge in [0.05, 0.1) is 5.92 Å². The summed E-state index contributed by atoms with van der Waals surface area (Å²) in [5, 5.41) is 2.93. The molecule has 1 unspecified atom stereocenters. The maximum absolute atomic E-state index is 12.3. The van der Waals surface area contributed by atoms with Crippen molar-refractivity contribution < 1.29 is 4.79 Å². The van der Waals surface area contributed by atoms with Gasteiger partial charge in [0.15, 0.2) is 0 Å². The molecule has 21 heavy (non-hydrogen) atoms. The van der Waals surface area contributed by atoms with Crippen LogP contribution in [0.1, 0.15) is 18.4 Å². The third kappa shape index (κ3) is 3.75. The van der Waals surface area contributed by atoms with Crippen LogP contribution in [0.3, 0.4) is 0 Å². The summed E-state index contributed by atoms with van der Waals surface area (Å²) in [6.45, 7) is 1.87. The highest BCUT2D eigenvalue weighted by atomic mass is 16.1. The molecular weight excluding hydrogens is 262 g/mol. The Kier molecular flexibility index (Phi) is 4.48. The van der Waals surface area contributed by atoms with Gasteiger partial charge in [-0.25, -0.2) is 0 Å². The van der Waals surface area contributed by atoms with Crippen molar-refractivity contribution in [1.82, 2.24) is 0 Å². The largest absolute Gasteiger partial charge is 0.399 e. The van der Waals surface area contributed by atoms with Crippen LogP contribution in [-0.2, 0) is 4.79 Å². The van der Waals surface area contributed by atoms with Crippen LogP contribution in [0.5, 0.6) is 0 Å². The Morgan fingerprint density at radius 2 is 1.81 bits per heavy atom. The van der Waals surface area contributed by atoms with Crippen molar-refractivity contribution in [3.8, 4) is 0 Å². The van der Waals surface area contributed by atoms with Gasteiger partial charge in [0.25, 0.3) is 0 Å². The van der Waals surface area contributed by atoms with Crippen LogP contribution in [0.25, 0.3) is 0 Å². The Morgan fingerprint density at radius 1 is 1.14 bits per heavy atom. The minimum atomic E-state index is -0.248. The molecule has 4 nitrogen and oxygen atoms in total. The molecule has 1 atom stereocenters. The van der Waals surface area contributed by atoms with E-state index in [4.69, 9.17) is 5.73 Å². The van der Waals surface area contributed by atoms with E-state index < -0.39 is 0 Å². The van der Waals surface area contributed by atoms with E-state index in [0.717, 1.165) is 16.9 Å². The number of benzene rings is 2. The van der Waals surface area contributed by atoms with Crippen molar-refractivity contribution >= 4 is 23.0 Å². The molecule has 110 valence electrons. The number of nitrogens with two attached hydrogens (primary N) is 1. The Hall–Kier alpha value is -2.49. The predicted octanol–water partition coefficient (Wildman–Crippen LogP) is 3.08. The van der Waals surface area contributed by atoms with Crippen molar-refractivity contribution in [2.45, 2.75) is 12.8 Å². The SMILES string of the molecule is CC(C(=O)Nc1ccc(N(C)C)cc1)c1cccc(N)c1. The van der Waals surface area contributed by atoms with Crippen LogP contribution < -0.4 is 16.0 Å². The lowest BCUT2D eigenvalue weighted by molar-refractivity contribution is -0.117. The van der Waals surface area contributed by atoms with E-state index in [-0.39, 0.29) is 11.8 Å². The molecule has 0 radical (unpaired) electrons. The van der Waals surface area contributed by atoms with Crippen molar-refractivity contribution in [2.24, 2.45) is 0 Å². The van der Waals surface area contributed by atoms with Gasteiger partial charge in [0, 0.05) is 31.2 Å². The van der Waals surface area contributed by atoms with Gasteiger partial charge in [-0.1, -0.05) is 12.1 Å². The standard InChI is InChI=1S/C17H21N3O/c1-12(13-5-4-6-14(18)11-13)17(21)19-15-7-9-16(10-8-15)20(2)3/h4-12H,18H2,1-3H3,(H,19,21). The molecule has 0 aromatic heterocycles. The van der Waals surface area contributed by atoms with E-state index in [2.05, 4.69) is 5.32 Å². The van der Waals surface area contributed by atoms with Crippen LogP contribution in [0.2, 0.25) is 0 Å². The quantitative estimate of drug-likeness (QED) is 0.848. The molecule has 2 aromatic rings. The molecular formula is C17H21N3O. The second-order valence-electron chi connectivity index (χ2n) is 5.32. The van der Waals surface area contributed by atoms with Gasteiger partial charge in [-0.3, -0.25) is 4.79 Å². The zero-order valence-electron chi connectivity index (χ0n) is 12.6. The number of hydrogen-bond acceptors (Lipinski definition) is 3. The number of nitrogens with zero attached hydrogens (tertiary/aromatic N) is 1. The van der Waals surface area contributed by atoms with E-state index >= 15 is 0 Å². The highest BCUT2D eigenvalue weighted by Crippen LogP contribution is 2.21. The van der Waals surface area contributed by atoms with Crippen LogP contribution in [0.15, 0.2) is 48.5 Å². The minimum Gasteiger partial charge on any atom is -0.399 e. The number of carbonyl (C=O) groups excluding carboxylic acids is 1. The zero-order valence-corrected chi connectivity index (χ0v) is 12.6. The van der Waals surface area contributed by atoms with E-state index in [0.29, 0.717) is 5.69 Å². The van der Waals surface area contributed by atoms with Gasteiger partial charge in [-0.05, 0) is 48.9 Å². The van der Waals surface area contributed by atoms with Gasteiger partial charge < -0.3 is 16.0 Å². The summed E-state index contributed by atoms with van der Waals surface area (Å²) >= 11 is 0. The van der Waals surface area contributed by atoms with Crippen LogP contribution in [0.4, 0.5) is 17.1 Å². The number of anilines is 3. The molecule has 0 heterocycles. The molecule has 0 bridgehead atoms. The first-order valence-electron chi connectivity index (χ1n) is 6.91. The van der Waals surface area contributed by atoms with E-state index in [1.165, 1.54) is 0 Å². The topological polar surface area (TPSA) is 58.4 Å². The first-order chi connectivity index (χ1) is 9.97. The molecule has 0 aliphatic heterocycles. The Bertz CT molecular complexity index is 620.